The minimum atomic E-state index is -4.78. The Kier molecular flexibility index (Phi) is 7.28. The number of piperazine rings is 1. The fraction of sp³-hybridized carbons (Fsp3) is 0.391. The second kappa shape index (κ2) is 9.78. The van der Waals surface area contributed by atoms with Gasteiger partial charge in [-0.1, -0.05) is 47.8 Å². The number of hydrogen-bond acceptors (Lipinski definition) is 4. The van der Waals surface area contributed by atoms with Gasteiger partial charge in [-0.3, -0.25) is 14.5 Å². The van der Waals surface area contributed by atoms with Crippen LogP contribution in [0, 0.1) is 0 Å². The summed E-state index contributed by atoms with van der Waals surface area (Å²) in [6.45, 7) is 5.79. The van der Waals surface area contributed by atoms with Crippen molar-refractivity contribution < 1.29 is 22.8 Å². The molecular formula is C23H22Cl3F3N4O2. The molecule has 2 aliphatic rings. The van der Waals surface area contributed by atoms with Crippen molar-refractivity contribution in [1.29, 1.82) is 0 Å². The molecule has 1 atom stereocenters. The zero-order valence-electron chi connectivity index (χ0n) is 18.6. The summed E-state index contributed by atoms with van der Waals surface area (Å²) in [6, 6.07) is 5.89. The van der Waals surface area contributed by atoms with Crippen LogP contribution >= 0.6 is 34.8 Å². The fourth-order valence-electron chi connectivity index (χ4n) is 4.54. The van der Waals surface area contributed by atoms with Crippen molar-refractivity contribution in [2.24, 2.45) is 0 Å². The molecular weight excluding hydrogens is 528 g/mol. The molecule has 4 rings (SSSR count). The lowest BCUT2D eigenvalue weighted by atomic mass is 9.82. The van der Waals surface area contributed by atoms with Gasteiger partial charge in [-0.25, -0.2) is 0 Å². The van der Waals surface area contributed by atoms with Crippen molar-refractivity contribution in [3.8, 4) is 0 Å². The summed E-state index contributed by atoms with van der Waals surface area (Å²) < 4.78 is 41.0. The Bertz CT molecular complexity index is 1170. The topological polar surface area (TPSA) is 64.7 Å². The minimum Gasteiger partial charge on any atom is -0.333 e. The molecule has 12 heteroatoms. The highest BCUT2D eigenvalue weighted by Gasteiger charge is 2.52. The van der Waals surface area contributed by atoms with Crippen molar-refractivity contribution >= 4 is 52.3 Å². The molecule has 0 radical (unpaired) electrons. The standard InChI is InChI=1S/C23H22Cl3F3N4O2/c1-2-32-5-7-33(8-6-32)12-19(34)31-22(13-3-4-16(25)15(9-13)23(27,28)29)20-17(26)10-14(24)11-18(20)30-21(22)35/h3-4,9-11H,2,5-8,12H2,1H3,(H,30,35)(H,31,34). The number of nitrogens with zero attached hydrogens (tertiary/aromatic N) is 2. The van der Waals surface area contributed by atoms with Gasteiger partial charge in [0.15, 0.2) is 5.54 Å². The van der Waals surface area contributed by atoms with Crippen molar-refractivity contribution in [3.63, 3.8) is 0 Å². The molecule has 1 fully saturated rings. The van der Waals surface area contributed by atoms with Crippen LogP contribution in [0.1, 0.15) is 23.6 Å². The predicted molar refractivity (Wildman–Crippen MR) is 129 cm³/mol. The van der Waals surface area contributed by atoms with Crippen LogP contribution in [0.2, 0.25) is 15.1 Å². The third-order valence-corrected chi connectivity index (χ3v) is 7.18. The van der Waals surface area contributed by atoms with Gasteiger partial charge in [0.1, 0.15) is 0 Å². The Balaban J connectivity index is 1.77. The molecule has 35 heavy (non-hydrogen) atoms. The molecule has 0 bridgehead atoms. The van der Waals surface area contributed by atoms with Gasteiger partial charge in [0.2, 0.25) is 5.91 Å². The van der Waals surface area contributed by atoms with Crippen molar-refractivity contribution in [1.82, 2.24) is 15.1 Å². The maximum absolute atomic E-state index is 13.7. The highest BCUT2D eigenvalue weighted by atomic mass is 35.5. The van der Waals surface area contributed by atoms with Crippen LogP contribution in [-0.4, -0.2) is 60.9 Å². The number of amides is 2. The van der Waals surface area contributed by atoms with Crippen molar-refractivity contribution in [2.45, 2.75) is 18.6 Å². The summed E-state index contributed by atoms with van der Waals surface area (Å²) in [4.78, 5) is 30.8. The van der Waals surface area contributed by atoms with Crippen LogP contribution in [-0.2, 0) is 21.3 Å². The van der Waals surface area contributed by atoms with Crippen LogP contribution in [0.25, 0.3) is 0 Å². The number of hydrogen-bond donors (Lipinski definition) is 2. The number of nitrogens with one attached hydrogen (secondary N) is 2. The molecule has 1 saturated heterocycles. The van der Waals surface area contributed by atoms with E-state index in [1.54, 1.807) is 0 Å². The zero-order valence-corrected chi connectivity index (χ0v) is 20.9. The van der Waals surface area contributed by atoms with Gasteiger partial charge in [0.25, 0.3) is 5.91 Å². The van der Waals surface area contributed by atoms with Gasteiger partial charge in [-0.2, -0.15) is 13.2 Å². The van der Waals surface area contributed by atoms with Crippen molar-refractivity contribution in [3.05, 3.63) is 62.1 Å². The zero-order chi connectivity index (χ0) is 25.5. The lowest BCUT2D eigenvalue weighted by Crippen LogP contribution is -2.56. The quantitative estimate of drug-likeness (QED) is 0.572. The first kappa shape index (κ1) is 26.0. The first-order valence-electron chi connectivity index (χ1n) is 10.9. The number of carbonyl (C=O) groups excluding carboxylic acids is 2. The van der Waals surface area contributed by atoms with Gasteiger partial charge < -0.3 is 15.5 Å². The van der Waals surface area contributed by atoms with Crippen LogP contribution in [0.3, 0.4) is 0 Å². The molecule has 6 nitrogen and oxygen atoms in total. The van der Waals surface area contributed by atoms with Crippen molar-refractivity contribution in [2.75, 3.05) is 44.6 Å². The van der Waals surface area contributed by atoms with Gasteiger partial charge in [-0.15, -0.1) is 0 Å². The molecule has 1 unspecified atom stereocenters. The number of alkyl halides is 3. The molecule has 0 spiro atoms. The maximum atomic E-state index is 13.7. The summed E-state index contributed by atoms with van der Waals surface area (Å²) in [7, 11) is 0. The predicted octanol–water partition coefficient (Wildman–Crippen LogP) is 4.62. The van der Waals surface area contributed by atoms with E-state index < -0.39 is 34.1 Å². The van der Waals surface area contributed by atoms with E-state index in [-0.39, 0.29) is 33.4 Å². The third-order valence-electron chi connectivity index (χ3n) is 6.33. The first-order chi connectivity index (χ1) is 16.5. The molecule has 2 heterocycles. The Morgan fingerprint density at radius 3 is 2.34 bits per heavy atom. The van der Waals surface area contributed by atoms with E-state index in [9.17, 15) is 22.8 Å². The molecule has 2 N–H and O–H groups in total. The SMILES string of the molecule is CCN1CCN(CC(=O)NC2(c3ccc(Cl)c(C(F)(F)F)c3)C(=O)Nc3cc(Cl)cc(Cl)c32)CC1. The molecule has 0 aromatic heterocycles. The molecule has 2 amide bonds. The van der Waals surface area contributed by atoms with Gasteiger partial charge >= 0.3 is 6.18 Å². The normalized spacial score (nSPS) is 21.1. The highest BCUT2D eigenvalue weighted by Crippen LogP contribution is 2.47. The first-order valence-corrected chi connectivity index (χ1v) is 12.0. The number of fused-ring (bicyclic) bond motifs is 1. The van der Waals surface area contributed by atoms with E-state index >= 15 is 0 Å². The number of carbonyl (C=O) groups is 2. The average molecular weight is 550 g/mol. The third kappa shape index (κ3) is 4.97. The Morgan fingerprint density at radius 1 is 1.06 bits per heavy atom. The Morgan fingerprint density at radius 2 is 1.71 bits per heavy atom. The van der Waals surface area contributed by atoms with Crippen LogP contribution in [0.4, 0.5) is 18.9 Å². The van der Waals surface area contributed by atoms with Gasteiger partial charge in [0.05, 0.1) is 27.8 Å². The van der Waals surface area contributed by atoms with E-state index in [0.717, 1.165) is 31.8 Å². The Labute approximate surface area is 215 Å². The number of anilines is 1. The highest BCUT2D eigenvalue weighted by molar-refractivity contribution is 6.37. The van der Waals surface area contributed by atoms with Gasteiger partial charge in [0, 0.05) is 36.8 Å². The molecule has 0 saturated carbocycles. The molecule has 2 aliphatic heterocycles. The maximum Gasteiger partial charge on any atom is 0.417 e. The van der Waals surface area contributed by atoms with E-state index in [2.05, 4.69) is 22.5 Å². The lowest BCUT2D eigenvalue weighted by molar-refractivity contribution is -0.137. The van der Waals surface area contributed by atoms with E-state index in [1.165, 1.54) is 18.2 Å². The van der Waals surface area contributed by atoms with E-state index in [4.69, 9.17) is 34.8 Å². The summed E-state index contributed by atoms with van der Waals surface area (Å²) in [5.41, 5.74) is -2.95. The van der Waals surface area contributed by atoms with Crippen LogP contribution in [0.5, 0.6) is 0 Å². The molecule has 188 valence electrons. The largest absolute Gasteiger partial charge is 0.417 e. The summed E-state index contributed by atoms with van der Waals surface area (Å²) in [6.07, 6.45) is -4.78. The summed E-state index contributed by atoms with van der Waals surface area (Å²) >= 11 is 18.3. The van der Waals surface area contributed by atoms with E-state index in [1.807, 2.05) is 4.90 Å². The number of likely N-dealkylation sites (N-methyl/N-ethyl adjacent to an activating group) is 1. The van der Waals surface area contributed by atoms with Crippen LogP contribution < -0.4 is 10.6 Å². The van der Waals surface area contributed by atoms with Crippen LogP contribution in [0.15, 0.2) is 30.3 Å². The van der Waals surface area contributed by atoms with Gasteiger partial charge in [-0.05, 0) is 36.4 Å². The molecule has 2 aromatic carbocycles. The number of halogens is 6. The second-order valence-electron chi connectivity index (χ2n) is 8.47. The monoisotopic (exact) mass is 548 g/mol. The summed E-state index contributed by atoms with van der Waals surface area (Å²) in [5, 5.41) is 5.02. The fourth-order valence-corrected chi connectivity index (χ4v) is 5.40. The lowest BCUT2D eigenvalue weighted by Gasteiger charge is -2.35. The Hall–Kier alpha value is -2.04. The average Bonchev–Trinajstić information content (AvgIpc) is 3.05. The van der Waals surface area contributed by atoms with E-state index in [0.29, 0.717) is 13.1 Å². The second-order valence-corrected chi connectivity index (χ2v) is 9.72. The number of rotatable bonds is 5. The number of benzene rings is 2. The minimum absolute atomic E-state index is 0.0196. The smallest absolute Gasteiger partial charge is 0.333 e. The molecule has 0 aliphatic carbocycles. The molecule has 2 aromatic rings. The summed E-state index contributed by atoms with van der Waals surface area (Å²) in [5.74, 6) is -1.29.